The summed E-state index contributed by atoms with van der Waals surface area (Å²) in [5, 5.41) is 0.872. The lowest BCUT2D eigenvalue weighted by Gasteiger charge is -1.95. The molecule has 0 rings (SSSR count). The van der Waals surface area contributed by atoms with Gasteiger partial charge in [0.2, 0.25) is 0 Å². The Hall–Kier alpha value is -0.230. The molecule has 0 saturated heterocycles. The Balaban J connectivity index is 4.03. The summed E-state index contributed by atoms with van der Waals surface area (Å²) in [6, 6.07) is 0. The molecule has 0 amide bonds. The van der Waals surface area contributed by atoms with Crippen LogP contribution in [0.1, 0.15) is 27.7 Å². The Morgan fingerprint density at radius 2 is 1.80 bits per heavy atom. The lowest BCUT2D eigenvalue weighted by atomic mass is 10.1. The van der Waals surface area contributed by atoms with Crippen molar-refractivity contribution in [1.82, 2.24) is 0 Å². The van der Waals surface area contributed by atoms with E-state index in [0.717, 1.165) is 10.6 Å². The van der Waals surface area contributed by atoms with Crippen LogP contribution in [0.3, 0.4) is 0 Å². The van der Waals surface area contributed by atoms with Crippen molar-refractivity contribution in [3.05, 3.63) is 22.8 Å². The van der Waals surface area contributed by atoms with Crippen LogP contribution in [0.15, 0.2) is 22.8 Å². The Kier molecular flexibility index (Phi) is 4.46. The monoisotopic (exact) mass is 158 g/mol. The van der Waals surface area contributed by atoms with Crippen molar-refractivity contribution in [2.75, 3.05) is 0 Å². The molecule has 0 radical (unpaired) electrons. The van der Waals surface area contributed by atoms with Gasteiger partial charge in [0.25, 0.3) is 0 Å². The van der Waals surface area contributed by atoms with E-state index in [1.54, 1.807) is 0 Å². The van der Waals surface area contributed by atoms with Gasteiger partial charge in [-0.2, -0.15) is 0 Å². The molecule has 0 aliphatic heterocycles. The Morgan fingerprint density at radius 1 is 1.30 bits per heavy atom. The van der Waals surface area contributed by atoms with Crippen molar-refractivity contribution in [3.8, 4) is 0 Å². The Labute approximate surface area is 68.6 Å². The molecule has 0 bridgehead atoms. The van der Waals surface area contributed by atoms with Crippen molar-refractivity contribution < 1.29 is 0 Å². The van der Waals surface area contributed by atoms with Crippen LogP contribution in [-0.4, -0.2) is 0 Å². The zero-order valence-electron chi connectivity index (χ0n) is 7.11. The van der Waals surface area contributed by atoms with Crippen molar-refractivity contribution in [2.45, 2.75) is 27.7 Å². The standard InChI is InChI=1S/C9H15Cl/c1-7(2)5-6-8(3)9(4)10/h5-7H,1-4H3. The van der Waals surface area contributed by atoms with Crippen LogP contribution in [0.4, 0.5) is 0 Å². The first-order valence-corrected chi connectivity index (χ1v) is 3.93. The predicted octanol–water partition coefficient (Wildman–Crippen LogP) is 3.73. The molecule has 0 aromatic heterocycles. The van der Waals surface area contributed by atoms with E-state index in [2.05, 4.69) is 26.0 Å². The second-order valence-corrected chi connectivity index (χ2v) is 3.39. The molecule has 1 heteroatoms. The second-order valence-electron chi connectivity index (χ2n) is 2.82. The fourth-order valence-electron chi connectivity index (χ4n) is 0.452. The molecule has 0 aliphatic rings. The summed E-state index contributed by atoms with van der Waals surface area (Å²) in [5.41, 5.74) is 1.15. The highest BCUT2D eigenvalue weighted by atomic mass is 35.5. The second kappa shape index (κ2) is 4.56. The molecule has 0 saturated carbocycles. The molecular formula is C9H15Cl. The van der Waals surface area contributed by atoms with Crippen LogP contribution in [-0.2, 0) is 0 Å². The maximum absolute atomic E-state index is 5.74. The summed E-state index contributed by atoms with van der Waals surface area (Å²) >= 11 is 5.74. The van der Waals surface area contributed by atoms with Gasteiger partial charge in [-0.15, -0.1) is 0 Å². The SMILES string of the molecule is CC(Cl)=C(C)C=CC(C)C. The minimum atomic E-state index is 0.603. The van der Waals surface area contributed by atoms with Gasteiger partial charge in [-0.3, -0.25) is 0 Å². The van der Waals surface area contributed by atoms with Crippen LogP contribution in [0.5, 0.6) is 0 Å². The van der Waals surface area contributed by atoms with Crippen LogP contribution in [0, 0.1) is 5.92 Å². The van der Waals surface area contributed by atoms with E-state index in [9.17, 15) is 0 Å². The van der Waals surface area contributed by atoms with Crippen molar-refractivity contribution in [1.29, 1.82) is 0 Å². The molecule has 0 nitrogen and oxygen atoms in total. The predicted molar refractivity (Wildman–Crippen MR) is 48.2 cm³/mol. The number of allylic oxidation sites excluding steroid dienone is 4. The van der Waals surface area contributed by atoms with Gasteiger partial charge >= 0.3 is 0 Å². The molecule has 0 aromatic rings. The van der Waals surface area contributed by atoms with E-state index in [1.165, 1.54) is 0 Å². The molecule has 0 N–H and O–H groups in total. The van der Waals surface area contributed by atoms with Crippen LogP contribution >= 0.6 is 11.6 Å². The first-order valence-electron chi connectivity index (χ1n) is 3.55. The Bertz CT molecular complexity index is 148. The summed E-state index contributed by atoms with van der Waals surface area (Å²) in [4.78, 5) is 0. The fourth-order valence-corrected chi connectivity index (χ4v) is 0.515. The largest absolute Gasteiger partial charge is 0.0892 e. The lowest BCUT2D eigenvalue weighted by Crippen LogP contribution is -1.78. The molecule has 0 fully saturated rings. The minimum Gasteiger partial charge on any atom is -0.0892 e. The average molecular weight is 159 g/mol. The van der Waals surface area contributed by atoms with Gasteiger partial charge in [0, 0.05) is 5.03 Å². The zero-order valence-corrected chi connectivity index (χ0v) is 7.87. The minimum absolute atomic E-state index is 0.603. The number of rotatable bonds is 2. The molecule has 0 aliphatic carbocycles. The van der Waals surface area contributed by atoms with Gasteiger partial charge in [-0.25, -0.2) is 0 Å². The highest BCUT2D eigenvalue weighted by Gasteiger charge is 1.88. The van der Waals surface area contributed by atoms with E-state index in [1.807, 2.05) is 13.8 Å². The smallest absolute Gasteiger partial charge is 0.0179 e. The van der Waals surface area contributed by atoms with Crippen molar-refractivity contribution in [2.24, 2.45) is 5.92 Å². The third kappa shape index (κ3) is 4.63. The number of hydrogen-bond acceptors (Lipinski definition) is 0. The molecule has 0 aromatic carbocycles. The van der Waals surface area contributed by atoms with Crippen LogP contribution < -0.4 is 0 Å². The van der Waals surface area contributed by atoms with E-state index in [-0.39, 0.29) is 0 Å². The maximum Gasteiger partial charge on any atom is 0.0179 e. The third-order valence-electron chi connectivity index (χ3n) is 1.27. The molecule has 0 heterocycles. The summed E-state index contributed by atoms with van der Waals surface area (Å²) in [6.07, 6.45) is 4.20. The van der Waals surface area contributed by atoms with Crippen molar-refractivity contribution in [3.63, 3.8) is 0 Å². The summed E-state index contributed by atoms with van der Waals surface area (Å²) in [7, 11) is 0. The maximum atomic E-state index is 5.74. The van der Waals surface area contributed by atoms with Gasteiger partial charge in [-0.05, 0) is 25.3 Å². The van der Waals surface area contributed by atoms with Gasteiger partial charge in [0.05, 0.1) is 0 Å². The molecule has 0 unspecified atom stereocenters. The first-order chi connectivity index (χ1) is 4.54. The van der Waals surface area contributed by atoms with Crippen LogP contribution in [0.25, 0.3) is 0 Å². The average Bonchev–Trinajstić information content (AvgIpc) is 1.82. The molecule has 10 heavy (non-hydrogen) atoms. The highest BCUT2D eigenvalue weighted by Crippen LogP contribution is 2.09. The van der Waals surface area contributed by atoms with Gasteiger partial charge in [-0.1, -0.05) is 37.6 Å². The van der Waals surface area contributed by atoms with Gasteiger partial charge < -0.3 is 0 Å². The highest BCUT2D eigenvalue weighted by molar-refractivity contribution is 6.29. The van der Waals surface area contributed by atoms with Crippen LogP contribution in [0.2, 0.25) is 0 Å². The van der Waals surface area contributed by atoms with Gasteiger partial charge in [0.15, 0.2) is 0 Å². The fraction of sp³-hybridized carbons (Fsp3) is 0.556. The summed E-state index contributed by atoms with van der Waals surface area (Å²) < 4.78 is 0. The lowest BCUT2D eigenvalue weighted by molar-refractivity contribution is 0.830. The Morgan fingerprint density at radius 3 is 2.10 bits per heavy atom. The molecule has 0 spiro atoms. The summed E-state index contributed by atoms with van der Waals surface area (Å²) in [6.45, 7) is 8.21. The number of hydrogen-bond donors (Lipinski definition) is 0. The normalized spacial score (nSPS) is 14.6. The topological polar surface area (TPSA) is 0 Å². The van der Waals surface area contributed by atoms with E-state index in [4.69, 9.17) is 11.6 Å². The third-order valence-corrected chi connectivity index (χ3v) is 1.57. The van der Waals surface area contributed by atoms with Crippen molar-refractivity contribution >= 4 is 11.6 Å². The molecule has 0 atom stereocenters. The van der Waals surface area contributed by atoms with Gasteiger partial charge in [0.1, 0.15) is 0 Å². The first kappa shape index (κ1) is 9.77. The zero-order chi connectivity index (χ0) is 8.15. The molecular weight excluding hydrogens is 144 g/mol. The van der Waals surface area contributed by atoms with E-state index in [0.29, 0.717) is 5.92 Å². The summed E-state index contributed by atoms with van der Waals surface area (Å²) in [5.74, 6) is 0.603. The molecule has 58 valence electrons. The number of halogens is 1. The van der Waals surface area contributed by atoms with E-state index >= 15 is 0 Å². The van der Waals surface area contributed by atoms with E-state index < -0.39 is 0 Å². The quantitative estimate of drug-likeness (QED) is 0.538.